The van der Waals surface area contributed by atoms with Gasteiger partial charge >= 0.3 is 0 Å². The van der Waals surface area contributed by atoms with Crippen LogP contribution in [0.1, 0.15) is 23.9 Å². The van der Waals surface area contributed by atoms with Gasteiger partial charge in [-0.15, -0.1) is 0 Å². The van der Waals surface area contributed by atoms with E-state index in [-0.39, 0.29) is 0 Å². The summed E-state index contributed by atoms with van der Waals surface area (Å²) < 4.78 is 5.13. The summed E-state index contributed by atoms with van der Waals surface area (Å²) >= 11 is 0. The summed E-state index contributed by atoms with van der Waals surface area (Å²) in [7, 11) is 1.64. The molecule has 21 heavy (non-hydrogen) atoms. The maximum Gasteiger partial charge on any atom is 0.158 e. The molecule has 5 nitrogen and oxygen atoms in total. The predicted octanol–water partition coefficient (Wildman–Crippen LogP) is 3.42. The highest BCUT2D eigenvalue weighted by molar-refractivity contribution is 5.63. The molecule has 1 aromatic heterocycles. The second kappa shape index (κ2) is 7.04. The number of aromatic nitrogens is 2. The van der Waals surface area contributed by atoms with Crippen molar-refractivity contribution in [1.82, 2.24) is 9.97 Å². The highest BCUT2D eigenvalue weighted by atomic mass is 16.5. The van der Waals surface area contributed by atoms with E-state index >= 15 is 0 Å². The minimum absolute atomic E-state index is 0.390. The van der Waals surface area contributed by atoms with Crippen LogP contribution in [0.3, 0.4) is 0 Å². The normalized spacial score (nSPS) is 10.5. The average Bonchev–Trinajstić information content (AvgIpc) is 2.44. The second-order valence-electron chi connectivity index (χ2n) is 4.89. The molecule has 2 N–H and O–H groups in total. The number of anilines is 3. The predicted molar refractivity (Wildman–Crippen MR) is 86.1 cm³/mol. The zero-order valence-corrected chi connectivity index (χ0v) is 13.0. The fraction of sp³-hybridized carbons (Fsp3) is 0.375. The summed E-state index contributed by atoms with van der Waals surface area (Å²) in [6.07, 6.45) is 0. The van der Waals surface area contributed by atoms with Crippen LogP contribution in [0, 0.1) is 13.8 Å². The van der Waals surface area contributed by atoms with Crippen molar-refractivity contribution in [1.29, 1.82) is 0 Å². The van der Waals surface area contributed by atoms with Gasteiger partial charge in [0.05, 0.1) is 0 Å². The van der Waals surface area contributed by atoms with E-state index in [1.165, 1.54) is 11.1 Å². The standard InChI is InChI=1S/C16H22N4O/c1-5-17-14-9-15(20-16(19-14)10-21-4)18-13-8-6-7-11(2)12(13)3/h6-9H,5,10H2,1-4H3,(H2,17,18,19,20). The fourth-order valence-electron chi connectivity index (χ4n) is 2.05. The molecule has 2 aromatic rings. The molecule has 0 radical (unpaired) electrons. The molecule has 0 fully saturated rings. The van der Waals surface area contributed by atoms with Gasteiger partial charge in [0, 0.05) is 25.4 Å². The van der Waals surface area contributed by atoms with Crippen LogP contribution in [0.15, 0.2) is 24.3 Å². The Hall–Kier alpha value is -2.14. The number of ether oxygens (including phenoxy) is 1. The molecule has 0 saturated heterocycles. The molecule has 0 amide bonds. The van der Waals surface area contributed by atoms with Gasteiger partial charge in [-0.05, 0) is 38.0 Å². The molecule has 0 spiro atoms. The minimum atomic E-state index is 0.390. The van der Waals surface area contributed by atoms with Gasteiger partial charge in [0.15, 0.2) is 5.82 Å². The van der Waals surface area contributed by atoms with Gasteiger partial charge < -0.3 is 15.4 Å². The van der Waals surface area contributed by atoms with Crippen LogP contribution in [0.25, 0.3) is 0 Å². The molecule has 1 aromatic carbocycles. The van der Waals surface area contributed by atoms with E-state index in [9.17, 15) is 0 Å². The highest BCUT2D eigenvalue weighted by Crippen LogP contribution is 2.23. The summed E-state index contributed by atoms with van der Waals surface area (Å²) in [5, 5.41) is 6.58. The summed E-state index contributed by atoms with van der Waals surface area (Å²) in [4.78, 5) is 8.89. The number of hydrogen-bond acceptors (Lipinski definition) is 5. The molecule has 0 aliphatic rings. The zero-order valence-electron chi connectivity index (χ0n) is 13.0. The maximum atomic E-state index is 5.13. The Morgan fingerprint density at radius 2 is 1.90 bits per heavy atom. The van der Waals surface area contributed by atoms with Gasteiger partial charge in [0.25, 0.3) is 0 Å². The van der Waals surface area contributed by atoms with Gasteiger partial charge in [0.1, 0.15) is 18.2 Å². The number of nitrogens with one attached hydrogen (secondary N) is 2. The molecule has 2 rings (SSSR count). The van der Waals surface area contributed by atoms with Crippen molar-refractivity contribution in [2.24, 2.45) is 0 Å². The van der Waals surface area contributed by atoms with Crippen molar-refractivity contribution in [3.05, 3.63) is 41.2 Å². The molecule has 0 atom stereocenters. The topological polar surface area (TPSA) is 59.1 Å². The molecule has 112 valence electrons. The summed E-state index contributed by atoms with van der Waals surface area (Å²) in [5.74, 6) is 2.22. The first kappa shape index (κ1) is 15.3. The molecular formula is C16H22N4O. The smallest absolute Gasteiger partial charge is 0.158 e. The largest absolute Gasteiger partial charge is 0.377 e. The molecule has 0 saturated carbocycles. The SMILES string of the molecule is CCNc1cc(Nc2cccc(C)c2C)nc(COC)n1. The lowest BCUT2D eigenvalue weighted by molar-refractivity contribution is 0.178. The van der Waals surface area contributed by atoms with Crippen molar-refractivity contribution in [2.45, 2.75) is 27.4 Å². The first-order valence-corrected chi connectivity index (χ1v) is 7.08. The van der Waals surface area contributed by atoms with E-state index in [0.29, 0.717) is 12.4 Å². The van der Waals surface area contributed by atoms with Gasteiger partial charge in [-0.2, -0.15) is 0 Å². The van der Waals surface area contributed by atoms with Crippen molar-refractivity contribution >= 4 is 17.3 Å². The van der Waals surface area contributed by atoms with E-state index in [2.05, 4.69) is 40.5 Å². The van der Waals surface area contributed by atoms with Crippen molar-refractivity contribution in [3.63, 3.8) is 0 Å². The molecule has 1 heterocycles. The van der Waals surface area contributed by atoms with Gasteiger partial charge in [-0.1, -0.05) is 12.1 Å². The third-order valence-electron chi connectivity index (χ3n) is 3.27. The molecule has 5 heteroatoms. The van der Waals surface area contributed by atoms with E-state index in [1.807, 2.05) is 25.1 Å². The van der Waals surface area contributed by atoms with E-state index in [1.54, 1.807) is 7.11 Å². The van der Waals surface area contributed by atoms with E-state index in [0.717, 1.165) is 23.9 Å². The molecule has 0 unspecified atom stereocenters. The Bertz CT molecular complexity index is 589. The van der Waals surface area contributed by atoms with Crippen molar-refractivity contribution in [3.8, 4) is 0 Å². The van der Waals surface area contributed by atoms with Crippen LogP contribution >= 0.6 is 0 Å². The number of methoxy groups -OCH3 is 1. The summed E-state index contributed by atoms with van der Waals surface area (Å²) in [6.45, 7) is 7.43. The molecular weight excluding hydrogens is 264 g/mol. The Morgan fingerprint density at radius 1 is 1.14 bits per heavy atom. The van der Waals surface area contributed by atoms with Crippen LogP contribution in [-0.4, -0.2) is 23.6 Å². The van der Waals surface area contributed by atoms with Crippen LogP contribution in [-0.2, 0) is 11.3 Å². The molecule has 0 aliphatic heterocycles. The second-order valence-corrected chi connectivity index (χ2v) is 4.89. The third-order valence-corrected chi connectivity index (χ3v) is 3.27. The Balaban J connectivity index is 2.31. The van der Waals surface area contributed by atoms with Gasteiger partial charge in [-0.3, -0.25) is 0 Å². The lowest BCUT2D eigenvalue weighted by Crippen LogP contribution is -2.07. The number of aryl methyl sites for hydroxylation is 1. The zero-order chi connectivity index (χ0) is 15.2. The average molecular weight is 286 g/mol. The van der Waals surface area contributed by atoms with Gasteiger partial charge in [0.2, 0.25) is 0 Å². The monoisotopic (exact) mass is 286 g/mol. The number of hydrogen-bond donors (Lipinski definition) is 2. The molecule has 0 aliphatic carbocycles. The quantitative estimate of drug-likeness (QED) is 0.852. The summed E-state index contributed by atoms with van der Waals surface area (Å²) in [5.41, 5.74) is 3.52. The number of rotatable bonds is 6. The Labute approximate surface area is 125 Å². The fourth-order valence-corrected chi connectivity index (χ4v) is 2.05. The van der Waals surface area contributed by atoms with Crippen LogP contribution in [0.4, 0.5) is 17.3 Å². The first-order valence-electron chi connectivity index (χ1n) is 7.08. The van der Waals surface area contributed by atoms with Crippen LogP contribution in [0.2, 0.25) is 0 Å². The van der Waals surface area contributed by atoms with Crippen LogP contribution in [0.5, 0.6) is 0 Å². The lowest BCUT2D eigenvalue weighted by atomic mass is 10.1. The lowest BCUT2D eigenvalue weighted by Gasteiger charge is -2.13. The van der Waals surface area contributed by atoms with Crippen molar-refractivity contribution in [2.75, 3.05) is 24.3 Å². The Kier molecular flexibility index (Phi) is 5.11. The Morgan fingerprint density at radius 3 is 2.62 bits per heavy atom. The molecule has 0 bridgehead atoms. The van der Waals surface area contributed by atoms with Gasteiger partial charge in [-0.25, -0.2) is 9.97 Å². The number of benzene rings is 1. The van der Waals surface area contributed by atoms with E-state index in [4.69, 9.17) is 4.74 Å². The van der Waals surface area contributed by atoms with E-state index < -0.39 is 0 Å². The maximum absolute atomic E-state index is 5.13. The highest BCUT2D eigenvalue weighted by Gasteiger charge is 2.06. The minimum Gasteiger partial charge on any atom is -0.377 e. The summed E-state index contributed by atoms with van der Waals surface area (Å²) in [6, 6.07) is 8.09. The third kappa shape index (κ3) is 3.92. The first-order chi connectivity index (χ1) is 10.1. The van der Waals surface area contributed by atoms with Crippen molar-refractivity contribution < 1.29 is 4.74 Å². The van der Waals surface area contributed by atoms with Crippen LogP contribution < -0.4 is 10.6 Å². The number of nitrogens with zero attached hydrogens (tertiary/aromatic N) is 2.